The second-order valence-electron chi connectivity index (χ2n) is 3.36. The number of benzene rings is 1. The van der Waals surface area contributed by atoms with E-state index in [4.69, 9.17) is 10.5 Å². The number of hydrogen-bond acceptors (Lipinski definition) is 2. The Morgan fingerprint density at radius 2 is 1.92 bits per heavy atom. The third kappa shape index (κ3) is 1.93. The number of halogens is 1. The van der Waals surface area contributed by atoms with Crippen LogP contribution in [0.25, 0.3) is 0 Å². The average molecular weight is 242 g/mol. The summed E-state index contributed by atoms with van der Waals surface area (Å²) in [7, 11) is 0. The van der Waals surface area contributed by atoms with Gasteiger partial charge >= 0.3 is 0 Å². The van der Waals surface area contributed by atoms with E-state index < -0.39 is 0 Å². The van der Waals surface area contributed by atoms with E-state index in [0.717, 1.165) is 11.1 Å². The minimum atomic E-state index is 0.154. The van der Waals surface area contributed by atoms with Crippen LogP contribution in [-0.4, -0.2) is 19.3 Å². The highest BCUT2D eigenvalue weighted by Crippen LogP contribution is 2.25. The molecule has 1 aromatic carbocycles. The van der Waals surface area contributed by atoms with E-state index in [9.17, 15) is 0 Å². The maximum atomic E-state index is 5.91. The van der Waals surface area contributed by atoms with E-state index in [0.29, 0.717) is 12.5 Å². The lowest BCUT2D eigenvalue weighted by Gasteiger charge is -2.12. The summed E-state index contributed by atoms with van der Waals surface area (Å²) in [6, 6.07) is 8.44. The predicted octanol–water partition coefficient (Wildman–Crippen LogP) is 1.89. The summed E-state index contributed by atoms with van der Waals surface area (Å²) in [5, 5.41) is 0. The molecule has 0 saturated carbocycles. The van der Waals surface area contributed by atoms with E-state index in [-0.39, 0.29) is 6.04 Å². The second-order valence-corrected chi connectivity index (χ2v) is 4.28. The molecule has 0 bridgehead atoms. The number of hydrogen-bond donors (Lipinski definition) is 1. The molecule has 1 saturated heterocycles. The van der Waals surface area contributed by atoms with E-state index in [1.807, 2.05) is 12.1 Å². The molecule has 0 aromatic heterocycles. The summed E-state index contributed by atoms with van der Waals surface area (Å²) >= 11 is 3.41. The Labute approximate surface area is 86.2 Å². The van der Waals surface area contributed by atoms with Gasteiger partial charge in [-0.1, -0.05) is 28.1 Å². The standard InChI is InChI=1S/C10H12BrNO/c11-8-3-1-7(2-4-8)9-5-13-6-10(9)12/h1-4,9-10H,5-6,12H2. The van der Waals surface area contributed by atoms with Crippen LogP contribution in [0.4, 0.5) is 0 Å². The first-order valence-corrected chi connectivity index (χ1v) is 5.15. The summed E-state index contributed by atoms with van der Waals surface area (Å²) in [5.74, 6) is 0.369. The Morgan fingerprint density at radius 1 is 1.23 bits per heavy atom. The summed E-state index contributed by atoms with van der Waals surface area (Å²) in [5.41, 5.74) is 7.18. The first-order chi connectivity index (χ1) is 6.27. The zero-order valence-electron chi connectivity index (χ0n) is 7.24. The smallest absolute Gasteiger partial charge is 0.0624 e. The average Bonchev–Trinajstić information content (AvgIpc) is 2.53. The van der Waals surface area contributed by atoms with E-state index in [1.165, 1.54) is 5.56 Å². The van der Waals surface area contributed by atoms with Gasteiger partial charge in [0.05, 0.1) is 13.2 Å². The van der Waals surface area contributed by atoms with Gasteiger partial charge in [0, 0.05) is 16.4 Å². The maximum absolute atomic E-state index is 5.91. The summed E-state index contributed by atoms with van der Waals surface area (Å²) < 4.78 is 6.42. The van der Waals surface area contributed by atoms with Gasteiger partial charge in [0.25, 0.3) is 0 Å². The molecular formula is C10H12BrNO. The third-order valence-electron chi connectivity index (χ3n) is 2.42. The van der Waals surface area contributed by atoms with E-state index in [1.54, 1.807) is 0 Å². The molecule has 2 rings (SSSR count). The summed E-state index contributed by atoms with van der Waals surface area (Å²) in [6.07, 6.45) is 0. The minimum Gasteiger partial charge on any atom is -0.379 e. The number of rotatable bonds is 1. The molecule has 0 aliphatic carbocycles. The molecule has 1 aliphatic rings. The van der Waals surface area contributed by atoms with Crippen LogP contribution in [0.5, 0.6) is 0 Å². The van der Waals surface area contributed by atoms with Crippen molar-refractivity contribution >= 4 is 15.9 Å². The van der Waals surface area contributed by atoms with Crippen LogP contribution < -0.4 is 5.73 Å². The monoisotopic (exact) mass is 241 g/mol. The van der Waals surface area contributed by atoms with Crippen LogP contribution in [-0.2, 0) is 4.74 Å². The molecular weight excluding hydrogens is 230 g/mol. The molecule has 13 heavy (non-hydrogen) atoms. The van der Waals surface area contributed by atoms with Crippen molar-refractivity contribution in [1.29, 1.82) is 0 Å². The highest BCUT2D eigenvalue weighted by Gasteiger charge is 2.25. The molecule has 2 nitrogen and oxygen atoms in total. The molecule has 2 N–H and O–H groups in total. The lowest BCUT2D eigenvalue weighted by molar-refractivity contribution is 0.191. The Balaban J connectivity index is 2.20. The van der Waals surface area contributed by atoms with Gasteiger partial charge in [-0.15, -0.1) is 0 Å². The fourth-order valence-electron chi connectivity index (χ4n) is 1.62. The van der Waals surface area contributed by atoms with Crippen LogP contribution in [0.15, 0.2) is 28.7 Å². The molecule has 0 radical (unpaired) electrons. The molecule has 1 heterocycles. The van der Waals surface area contributed by atoms with Crippen molar-refractivity contribution in [2.45, 2.75) is 12.0 Å². The lowest BCUT2D eigenvalue weighted by atomic mass is 9.95. The zero-order valence-corrected chi connectivity index (χ0v) is 8.83. The van der Waals surface area contributed by atoms with Crippen LogP contribution in [0.1, 0.15) is 11.5 Å². The fraction of sp³-hybridized carbons (Fsp3) is 0.400. The molecule has 1 aliphatic heterocycles. The predicted molar refractivity (Wildman–Crippen MR) is 55.7 cm³/mol. The maximum Gasteiger partial charge on any atom is 0.0624 e. The highest BCUT2D eigenvalue weighted by atomic mass is 79.9. The third-order valence-corrected chi connectivity index (χ3v) is 2.95. The number of ether oxygens (including phenoxy) is 1. The van der Waals surface area contributed by atoms with Crippen LogP contribution in [0.2, 0.25) is 0 Å². The van der Waals surface area contributed by atoms with Gasteiger partial charge in [-0.25, -0.2) is 0 Å². The Morgan fingerprint density at radius 3 is 2.46 bits per heavy atom. The van der Waals surface area contributed by atoms with E-state index >= 15 is 0 Å². The normalized spacial score (nSPS) is 27.8. The first-order valence-electron chi connectivity index (χ1n) is 4.36. The van der Waals surface area contributed by atoms with Gasteiger partial charge < -0.3 is 10.5 Å². The highest BCUT2D eigenvalue weighted by molar-refractivity contribution is 9.10. The van der Waals surface area contributed by atoms with Crippen molar-refractivity contribution in [3.05, 3.63) is 34.3 Å². The van der Waals surface area contributed by atoms with Gasteiger partial charge in [0.15, 0.2) is 0 Å². The van der Waals surface area contributed by atoms with Crippen LogP contribution >= 0.6 is 15.9 Å². The van der Waals surface area contributed by atoms with Crippen LogP contribution in [0, 0.1) is 0 Å². The molecule has 3 heteroatoms. The Kier molecular flexibility index (Phi) is 2.67. The Bertz CT molecular complexity index is 285. The molecule has 1 fully saturated rings. The van der Waals surface area contributed by atoms with Crippen LogP contribution in [0.3, 0.4) is 0 Å². The molecule has 70 valence electrons. The summed E-state index contributed by atoms with van der Waals surface area (Å²) in [4.78, 5) is 0. The molecule has 1 aromatic rings. The minimum absolute atomic E-state index is 0.154. The lowest BCUT2D eigenvalue weighted by Crippen LogP contribution is -2.26. The van der Waals surface area contributed by atoms with Gasteiger partial charge in [-0.05, 0) is 17.7 Å². The molecule has 0 amide bonds. The van der Waals surface area contributed by atoms with E-state index in [2.05, 4.69) is 28.1 Å². The largest absolute Gasteiger partial charge is 0.379 e. The van der Waals surface area contributed by atoms with Gasteiger partial charge in [-0.3, -0.25) is 0 Å². The molecule has 2 atom stereocenters. The van der Waals surface area contributed by atoms with Gasteiger partial charge in [-0.2, -0.15) is 0 Å². The van der Waals surface area contributed by atoms with Gasteiger partial charge in [0.1, 0.15) is 0 Å². The van der Waals surface area contributed by atoms with Crippen molar-refractivity contribution in [3.8, 4) is 0 Å². The van der Waals surface area contributed by atoms with Gasteiger partial charge in [0.2, 0.25) is 0 Å². The van der Waals surface area contributed by atoms with Crippen molar-refractivity contribution in [3.63, 3.8) is 0 Å². The summed E-state index contributed by atoms with van der Waals surface area (Å²) in [6.45, 7) is 1.43. The topological polar surface area (TPSA) is 35.2 Å². The molecule has 2 unspecified atom stereocenters. The van der Waals surface area contributed by atoms with Crippen molar-refractivity contribution in [2.24, 2.45) is 5.73 Å². The number of nitrogens with two attached hydrogens (primary N) is 1. The fourth-order valence-corrected chi connectivity index (χ4v) is 1.89. The van der Waals surface area contributed by atoms with Crippen molar-refractivity contribution in [2.75, 3.05) is 13.2 Å². The second kappa shape index (κ2) is 3.78. The molecule has 0 spiro atoms. The SMILES string of the molecule is NC1COCC1c1ccc(Br)cc1. The quantitative estimate of drug-likeness (QED) is 0.816. The van der Waals surface area contributed by atoms with Crippen molar-refractivity contribution in [1.82, 2.24) is 0 Å². The van der Waals surface area contributed by atoms with Crippen molar-refractivity contribution < 1.29 is 4.74 Å². The Hall–Kier alpha value is -0.380. The first kappa shape index (κ1) is 9.19. The zero-order chi connectivity index (χ0) is 9.26.